The summed E-state index contributed by atoms with van der Waals surface area (Å²) in [6.45, 7) is 3.29. The first-order valence-corrected chi connectivity index (χ1v) is 3.66. The van der Waals surface area contributed by atoms with Gasteiger partial charge in [-0.1, -0.05) is 28.6 Å². The average Bonchev–Trinajstić information content (AvgIpc) is 1.98. The molecule has 0 aliphatic carbocycles. The van der Waals surface area contributed by atoms with Crippen molar-refractivity contribution in [2.75, 3.05) is 13.2 Å². The first-order chi connectivity index (χ1) is 4.72. The van der Waals surface area contributed by atoms with Gasteiger partial charge in [0.2, 0.25) is 0 Å². The summed E-state index contributed by atoms with van der Waals surface area (Å²) in [4.78, 5) is 10.0. The van der Waals surface area contributed by atoms with Gasteiger partial charge in [-0.2, -0.15) is 0 Å². The van der Waals surface area contributed by atoms with Gasteiger partial charge in [0, 0.05) is 0 Å². The third-order valence-electron chi connectivity index (χ3n) is 0.759. The largest absolute Gasteiger partial charge is 0.461 e. The van der Waals surface area contributed by atoms with Crippen LogP contribution in [-0.4, -0.2) is 29.1 Å². The Bertz CT molecular complexity index is 124. The predicted octanol–water partition coefficient (Wildman–Crippen LogP) is 0.471. The zero-order valence-electron chi connectivity index (χ0n) is 5.42. The molecule has 4 heteroatoms. The highest BCUT2D eigenvalue weighted by Crippen LogP contribution is 1.99. The summed E-state index contributed by atoms with van der Waals surface area (Å²) >= 11 is 2.91. The molecule has 0 radical (unpaired) electrons. The second-order valence-corrected chi connectivity index (χ2v) is 2.67. The highest BCUT2D eigenvalue weighted by molar-refractivity contribution is 9.10. The van der Waals surface area contributed by atoms with Gasteiger partial charge in [-0.15, -0.1) is 0 Å². The van der Waals surface area contributed by atoms with Crippen molar-refractivity contribution < 1.29 is 14.6 Å². The molecular weight excluding hydrogens is 200 g/mol. The summed E-state index contributed by atoms with van der Waals surface area (Å²) in [5.74, 6) is -0.470. The quantitative estimate of drug-likeness (QED) is 0.416. The molecule has 0 spiro atoms. The maximum atomic E-state index is 10.7. The molecule has 0 aromatic heterocycles. The highest BCUT2D eigenvalue weighted by Gasteiger charge is 2.13. The molecule has 1 unspecified atom stereocenters. The summed E-state index contributed by atoms with van der Waals surface area (Å²) < 4.78 is 4.58. The third-order valence-corrected chi connectivity index (χ3v) is 1.42. The van der Waals surface area contributed by atoms with Crippen LogP contribution in [0.15, 0.2) is 12.7 Å². The Labute approximate surface area is 67.8 Å². The fourth-order valence-electron chi connectivity index (χ4n) is 0.306. The molecule has 0 saturated heterocycles. The van der Waals surface area contributed by atoms with Gasteiger partial charge in [-0.25, -0.2) is 0 Å². The van der Waals surface area contributed by atoms with Crippen molar-refractivity contribution >= 4 is 21.9 Å². The van der Waals surface area contributed by atoms with E-state index < -0.39 is 10.8 Å². The minimum atomic E-state index is -0.618. The lowest BCUT2D eigenvalue weighted by Gasteiger charge is -2.03. The molecule has 0 rings (SSSR count). The van der Waals surface area contributed by atoms with Gasteiger partial charge in [0.25, 0.3) is 0 Å². The normalized spacial score (nSPS) is 12.2. The number of alkyl halides is 1. The van der Waals surface area contributed by atoms with Crippen molar-refractivity contribution in [3.8, 4) is 0 Å². The summed E-state index contributed by atoms with van der Waals surface area (Å²) in [6, 6.07) is 0. The van der Waals surface area contributed by atoms with Crippen LogP contribution in [0.25, 0.3) is 0 Å². The number of aliphatic hydroxyl groups is 1. The Balaban J connectivity index is 3.51. The number of rotatable bonds is 4. The lowest BCUT2D eigenvalue weighted by atomic mass is 10.5. The fourth-order valence-corrected chi connectivity index (χ4v) is 0.438. The number of hydrogen-bond acceptors (Lipinski definition) is 3. The summed E-state index contributed by atoms with van der Waals surface area (Å²) in [5, 5.41) is 8.43. The molecule has 0 aliphatic heterocycles. The predicted molar refractivity (Wildman–Crippen MR) is 41.0 cm³/mol. The van der Waals surface area contributed by atoms with Gasteiger partial charge in [0.15, 0.2) is 0 Å². The van der Waals surface area contributed by atoms with Gasteiger partial charge in [0.05, 0.1) is 6.61 Å². The van der Waals surface area contributed by atoms with Crippen LogP contribution in [0.3, 0.4) is 0 Å². The Hall–Kier alpha value is -0.350. The van der Waals surface area contributed by atoms with Crippen molar-refractivity contribution in [1.82, 2.24) is 0 Å². The number of esters is 1. The zero-order valence-corrected chi connectivity index (χ0v) is 7.00. The second kappa shape index (κ2) is 5.44. The number of hydrogen-bond donors (Lipinski definition) is 1. The third kappa shape index (κ3) is 3.63. The van der Waals surface area contributed by atoms with E-state index in [-0.39, 0.29) is 13.2 Å². The minimum absolute atomic E-state index is 0.181. The number of halogens is 1. The van der Waals surface area contributed by atoms with Crippen molar-refractivity contribution in [3.63, 3.8) is 0 Å². The van der Waals surface area contributed by atoms with Crippen LogP contribution in [-0.2, 0) is 9.53 Å². The van der Waals surface area contributed by atoms with E-state index in [0.29, 0.717) is 0 Å². The fraction of sp³-hybridized carbons (Fsp3) is 0.500. The first kappa shape index (κ1) is 9.65. The van der Waals surface area contributed by atoms with Gasteiger partial charge in [-0.3, -0.25) is 4.79 Å². The number of carbonyl (C=O) groups excluding carboxylic acids is 1. The molecule has 0 fully saturated rings. The Morgan fingerprint density at radius 3 is 2.90 bits per heavy atom. The molecule has 1 N–H and O–H groups in total. The second-order valence-electron chi connectivity index (χ2n) is 1.57. The van der Waals surface area contributed by atoms with Crippen LogP contribution in [0.4, 0.5) is 0 Å². The van der Waals surface area contributed by atoms with Gasteiger partial charge in [0.1, 0.15) is 11.4 Å². The van der Waals surface area contributed by atoms with E-state index in [9.17, 15) is 4.79 Å². The summed E-state index contributed by atoms with van der Waals surface area (Å²) in [5.41, 5.74) is 0. The van der Waals surface area contributed by atoms with E-state index in [2.05, 4.69) is 27.2 Å². The number of ether oxygens (including phenoxy) is 1. The molecule has 0 amide bonds. The Kier molecular flexibility index (Phi) is 5.25. The van der Waals surface area contributed by atoms with E-state index in [1.807, 2.05) is 0 Å². The molecule has 3 nitrogen and oxygen atoms in total. The molecule has 0 heterocycles. The molecule has 0 aliphatic rings. The van der Waals surface area contributed by atoms with E-state index in [1.165, 1.54) is 6.08 Å². The van der Waals surface area contributed by atoms with Crippen LogP contribution < -0.4 is 0 Å². The average molecular weight is 209 g/mol. The molecule has 0 bridgehead atoms. The lowest BCUT2D eigenvalue weighted by molar-refractivity contribution is -0.142. The molecule has 10 heavy (non-hydrogen) atoms. The van der Waals surface area contributed by atoms with Crippen molar-refractivity contribution in [1.29, 1.82) is 0 Å². The molecule has 0 aromatic carbocycles. The van der Waals surface area contributed by atoms with Crippen molar-refractivity contribution in [3.05, 3.63) is 12.7 Å². The van der Waals surface area contributed by atoms with Crippen LogP contribution in [0.2, 0.25) is 0 Å². The highest BCUT2D eigenvalue weighted by atomic mass is 79.9. The summed E-state index contributed by atoms with van der Waals surface area (Å²) in [7, 11) is 0. The van der Waals surface area contributed by atoms with Crippen molar-refractivity contribution in [2.24, 2.45) is 0 Å². The standard InChI is InChI=1S/C6H9BrO3/c1-2-3-10-6(9)5(7)4-8/h2,5,8H,1,3-4H2. The molecule has 58 valence electrons. The maximum Gasteiger partial charge on any atom is 0.322 e. The Morgan fingerprint density at radius 2 is 2.50 bits per heavy atom. The molecule has 1 atom stereocenters. The molecular formula is C6H9BrO3. The van der Waals surface area contributed by atoms with E-state index >= 15 is 0 Å². The number of aliphatic hydroxyl groups excluding tert-OH is 1. The first-order valence-electron chi connectivity index (χ1n) is 2.74. The van der Waals surface area contributed by atoms with Crippen LogP contribution >= 0.6 is 15.9 Å². The van der Waals surface area contributed by atoms with Crippen molar-refractivity contribution in [2.45, 2.75) is 4.83 Å². The van der Waals surface area contributed by atoms with E-state index in [4.69, 9.17) is 5.11 Å². The van der Waals surface area contributed by atoms with Crippen LogP contribution in [0.1, 0.15) is 0 Å². The Morgan fingerprint density at radius 1 is 1.90 bits per heavy atom. The van der Waals surface area contributed by atoms with E-state index in [0.717, 1.165) is 0 Å². The maximum absolute atomic E-state index is 10.7. The van der Waals surface area contributed by atoms with Crippen LogP contribution in [0.5, 0.6) is 0 Å². The lowest BCUT2D eigenvalue weighted by Crippen LogP contribution is -2.20. The van der Waals surface area contributed by atoms with Gasteiger partial charge >= 0.3 is 5.97 Å². The summed E-state index contributed by atoms with van der Waals surface area (Å²) in [6.07, 6.45) is 1.47. The van der Waals surface area contributed by atoms with Gasteiger partial charge in [-0.05, 0) is 0 Å². The van der Waals surface area contributed by atoms with Crippen LogP contribution in [0, 0.1) is 0 Å². The molecule has 0 saturated carbocycles. The topological polar surface area (TPSA) is 46.5 Å². The molecule has 0 aromatic rings. The van der Waals surface area contributed by atoms with Gasteiger partial charge < -0.3 is 9.84 Å². The smallest absolute Gasteiger partial charge is 0.322 e. The monoisotopic (exact) mass is 208 g/mol. The minimum Gasteiger partial charge on any atom is -0.461 e. The SMILES string of the molecule is C=CCOC(=O)C(Br)CO. The number of carbonyl (C=O) groups is 1. The van der Waals surface area contributed by atoms with E-state index in [1.54, 1.807) is 0 Å². The zero-order chi connectivity index (χ0) is 7.98.